The summed E-state index contributed by atoms with van der Waals surface area (Å²) in [7, 11) is 0. The van der Waals surface area contributed by atoms with Gasteiger partial charge in [0.15, 0.2) is 5.82 Å². The van der Waals surface area contributed by atoms with E-state index >= 15 is 0 Å². The van der Waals surface area contributed by atoms with E-state index in [-0.39, 0.29) is 0 Å². The van der Waals surface area contributed by atoms with Crippen LogP contribution in [-0.2, 0) is 6.42 Å². The number of nitrogens with zero attached hydrogens (tertiary/aromatic N) is 3. The highest BCUT2D eigenvalue weighted by Crippen LogP contribution is 2.19. The van der Waals surface area contributed by atoms with Crippen molar-refractivity contribution in [3.05, 3.63) is 54.6 Å². The molecule has 1 heterocycles. The Morgan fingerprint density at radius 1 is 1.25 bits per heavy atom. The van der Waals surface area contributed by atoms with Gasteiger partial charge < -0.3 is 0 Å². The largest absolute Gasteiger partial charge is 0.225 e. The minimum absolute atomic E-state index is 0.709. The molecule has 16 heavy (non-hydrogen) atoms. The van der Waals surface area contributed by atoms with Gasteiger partial charge in [-0.25, -0.2) is 15.0 Å². The van der Waals surface area contributed by atoms with Crippen LogP contribution in [0.4, 0.5) is 0 Å². The second kappa shape index (κ2) is 4.66. The van der Waals surface area contributed by atoms with Crippen LogP contribution in [0.1, 0.15) is 11.1 Å². The van der Waals surface area contributed by atoms with Gasteiger partial charge in [0.25, 0.3) is 0 Å². The summed E-state index contributed by atoms with van der Waals surface area (Å²) in [5.74, 6) is 0.709. The lowest BCUT2D eigenvalue weighted by Gasteiger charge is -2.05. The molecule has 0 atom stereocenters. The Morgan fingerprint density at radius 2 is 2.00 bits per heavy atom. The predicted molar refractivity (Wildman–Crippen MR) is 63.9 cm³/mol. The molecule has 0 fully saturated rings. The molecule has 0 aliphatic rings. The standard InChI is InChI=1S/C13H13N3/c1-3-4-11-7-12(6-5-10(11)2)13-15-8-14-9-16-13/h3,5-9H,1,4H2,2H3. The van der Waals surface area contributed by atoms with Gasteiger partial charge in [-0.2, -0.15) is 0 Å². The Kier molecular flexibility index (Phi) is 3.05. The summed E-state index contributed by atoms with van der Waals surface area (Å²) in [6.45, 7) is 5.85. The van der Waals surface area contributed by atoms with Gasteiger partial charge in [-0.15, -0.1) is 6.58 Å². The normalized spacial score (nSPS) is 10.1. The highest BCUT2D eigenvalue weighted by Gasteiger charge is 2.03. The molecule has 0 spiro atoms. The number of aryl methyl sites for hydroxylation is 1. The minimum atomic E-state index is 0.709. The summed E-state index contributed by atoms with van der Waals surface area (Å²) >= 11 is 0. The second-order valence-electron chi connectivity index (χ2n) is 3.60. The zero-order valence-corrected chi connectivity index (χ0v) is 9.22. The average molecular weight is 211 g/mol. The topological polar surface area (TPSA) is 38.7 Å². The van der Waals surface area contributed by atoms with Crippen molar-refractivity contribution in [2.75, 3.05) is 0 Å². The number of hydrogen-bond donors (Lipinski definition) is 0. The van der Waals surface area contributed by atoms with Gasteiger partial charge in [0, 0.05) is 5.56 Å². The van der Waals surface area contributed by atoms with Crippen LogP contribution < -0.4 is 0 Å². The maximum atomic E-state index is 4.13. The molecule has 0 aliphatic carbocycles. The molecule has 2 rings (SSSR count). The summed E-state index contributed by atoms with van der Waals surface area (Å²) < 4.78 is 0. The third kappa shape index (κ3) is 2.14. The first-order valence-electron chi connectivity index (χ1n) is 5.14. The lowest BCUT2D eigenvalue weighted by atomic mass is 10.0. The van der Waals surface area contributed by atoms with Crippen molar-refractivity contribution in [2.24, 2.45) is 0 Å². The molecule has 0 saturated heterocycles. The van der Waals surface area contributed by atoms with E-state index in [9.17, 15) is 0 Å². The van der Waals surface area contributed by atoms with Crippen LogP contribution in [0.5, 0.6) is 0 Å². The Hall–Kier alpha value is -2.03. The van der Waals surface area contributed by atoms with Gasteiger partial charge in [0.2, 0.25) is 0 Å². The molecule has 3 heteroatoms. The lowest BCUT2D eigenvalue weighted by Crippen LogP contribution is -1.92. The first-order valence-corrected chi connectivity index (χ1v) is 5.14. The van der Waals surface area contributed by atoms with Crippen LogP contribution in [0.25, 0.3) is 11.4 Å². The Labute approximate surface area is 94.9 Å². The van der Waals surface area contributed by atoms with E-state index in [1.54, 1.807) is 0 Å². The Bertz CT molecular complexity index is 492. The van der Waals surface area contributed by atoms with Gasteiger partial charge in [0.05, 0.1) is 0 Å². The highest BCUT2D eigenvalue weighted by atomic mass is 15.0. The second-order valence-corrected chi connectivity index (χ2v) is 3.60. The summed E-state index contributed by atoms with van der Waals surface area (Å²) in [6.07, 6.45) is 5.79. The number of aromatic nitrogens is 3. The van der Waals surface area contributed by atoms with Crippen molar-refractivity contribution < 1.29 is 0 Å². The SMILES string of the molecule is C=CCc1cc(-c2ncncn2)ccc1C. The van der Waals surface area contributed by atoms with Crippen LogP contribution >= 0.6 is 0 Å². The molecule has 0 aliphatic heterocycles. The van der Waals surface area contributed by atoms with Crippen molar-refractivity contribution >= 4 is 0 Å². The molecule has 1 aromatic carbocycles. The van der Waals surface area contributed by atoms with Crippen molar-refractivity contribution in [1.82, 2.24) is 15.0 Å². The third-order valence-corrected chi connectivity index (χ3v) is 2.46. The van der Waals surface area contributed by atoms with Crippen molar-refractivity contribution in [3.63, 3.8) is 0 Å². The van der Waals surface area contributed by atoms with Gasteiger partial charge in [-0.3, -0.25) is 0 Å². The maximum absolute atomic E-state index is 4.13. The summed E-state index contributed by atoms with van der Waals surface area (Å²) in [4.78, 5) is 12.1. The molecule has 2 aromatic rings. The van der Waals surface area contributed by atoms with Crippen molar-refractivity contribution in [1.29, 1.82) is 0 Å². The Morgan fingerprint density at radius 3 is 2.69 bits per heavy atom. The van der Waals surface area contributed by atoms with E-state index in [1.807, 2.05) is 12.1 Å². The predicted octanol–water partition coefficient (Wildman–Crippen LogP) is 2.58. The van der Waals surface area contributed by atoms with E-state index in [4.69, 9.17) is 0 Å². The van der Waals surface area contributed by atoms with Crippen LogP contribution in [0, 0.1) is 6.92 Å². The van der Waals surface area contributed by atoms with E-state index in [2.05, 4.69) is 40.6 Å². The molecular formula is C13H13N3. The molecule has 0 N–H and O–H groups in total. The lowest BCUT2D eigenvalue weighted by molar-refractivity contribution is 1.05. The third-order valence-electron chi connectivity index (χ3n) is 2.46. The van der Waals surface area contributed by atoms with E-state index in [0.29, 0.717) is 5.82 Å². The average Bonchev–Trinajstić information content (AvgIpc) is 2.33. The fraction of sp³-hybridized carbons (Fsp3) is 0.154. The van der Waals surface area contributed by atoms with Crippen LogP contribution in [-0.4, -0.2) is 15.0 Å². The molecule has 0 bridgehead atoms. The van der Waals surface area contributed by atoms with Gasteiger partial charge in [-0.1, -0.05) is 18.2 Å². The minimum Gasteiger partial charge on any atom is -0.225 e. The van der Waals surface area contributed by atoms with Gasteiger partial charge >= 0.3 is 0 Å². The molecule has 0 unspecified atom stereocenters. The maximum Gasteiger partial charge on any atom is 0.162 e. The molecule has 0 radical (unpaired) electrons. The van der Waals surface area contributed by atoms with Crippen LogP contribution in [0.15, 0.2) is 43.5 Å². The smallest absolute Gasteiger partial charge is 0.162 e. The fourth-order valence-electron chi connectivity index (χ4n) is 1.57. The van der Waals surface area contributed by atoms with Crippen LogP contribution in [0.2, 0.25) is 0 Å². The van der Waals surface area contributed by atoms with Crippen LogP contribution in [0.3, 0.4) is 0 Å². The Balaban J connectivity index is 2.43. The summed E-state index contributed by atoms with van der Waals surface area (Å²) in [5, 5.41) is 0. The van der Waals surface area contributed by atoms with E-state index in [0.717, 1.165) is 12.0 Å². The first kappa shape index (κ1) is 10.5. The number of benzene rings is 1. The molecule has 0 saturated carbocycles. The molecular weight excluding hydrogens is 198 g/mol. The highest BCUT2D eigenvalue weighted by molar-refractivity contribution is 5.57. The summed E-state index contributed by atoms with van der Waals surface area (Å²) in [6, 6.07) is 6.21. The number of hydrogen-bond acceptors (Lipinski definition) is 3. The number of rotatable bonds is 3. The summed E-state index contributed by atoms with van der Waals surface area (Å²) in [5.41, 5.74) is 3.54. The zero-order valence-electron chi connectivity index (χ0n) is 9.22. The van der Waals surface area contributed by atoms with Gasteiger partial charge in [0.1, 0.15) is 12.7 Å². The molecule has 80 valence electrons. The molecule has 3 nitrogen and oxygen atoms in total. The fourth-order valence-corrected chi connectivity index (χ4v) is 1.57. The number of allylic oxidation sites excluding steroid dienone is 1. The zero-order chi connectivity index (χ0) is 11.4. The monoisotopic (exact) mass is 211 g/mol. The first-order chi connectivity index (χ1) is 7.81. The van der Waals surface area contributed by atoms with Crippen molar-refractivity contribution in [2.45, 2.75) is 13.3 Å². The van der Waals surface area contributed by atoms with E-state index in [1.165, 1.54) is 23.8 Å². The van der Waals surface area contributed by atoms with Crippen molar-refractivity contribution in [3.8, 4) is 11.4 Å². The van der Waals surface area contributed by atoms with Gasteiger partial charge in [-0.05, 0) is 30.5 Å². The van der Waals surface area contributed by atoms with E-state index < -0.39 is 0 Å². The molecule has 0 amide bonds. The quantitative estimate of drug-likeness (QED) is 0.732. The molecule has 1 aromatic heterocycles.